The van der Waals surface area contributed by atoms with E-state index in [1.807, 2.05) is 41.5 Å². The fourth-order valence-electron chi connectivity index (χ4n) is 3.85. The van der Waals surface area contributed by atoms with Crippen molar-refractivity contribution in [3.8, 4) is 11.5 Å². The van der Waals surface area contributed by atoms with Gasteiger partial charge in [-0.15, -0.1) is 0 Å². The number of rotatable bonds is 8. The van der Waals surface area contributed by atoms with Crippen molar-refractivity contribution in [3.63, 3.8) is 0 Å². The Hall–Kier alpha value is -2.76. The molecule has 0 spiro atoms. The van der Waals surface area contributed by atoms with Crippen LogP contribution in [0.4, 0.5) is 10.1 Å². The second-order valence-corrected chi connectivity index (χ2v) is 9.91. The molecule has 1 fully saturated rings. The summed E-state index contributed by atoms with van der Waals surface area (Å²) in [5, 5.41) is 23.3. The molecule has 0 radical (unpaired) electrons. The summed E-state index contributed by atoms with van der Waals surface area (Å²) < 4.78 is 14.7. The summed E-state index contributed by atoms with van der Waals surface area (Å²) in [5.41, 5.74) is 18.3. The first kappa shape index (κ1) is 37.2. The molecule has 228 valence electrons. The highest BCUT2D eigenvalue weighted by Crippen LogP contribution is 2.35. The first-order valence-electron chi connectivity index (χ1n) is 14.1. The maximum atomic E-state index is 14.7. The zero-order valence-corrected chi connectivity index (χ0v) is 25.5. The third-order valence-electron chi connectivity index (χ3n) is 5.91. The molecule has 0 amide bonds. The van der Waals surface area contributed by atoms with Gasteiger partial charge >= 0.3 is 0 Å². The van der Waals surface area contributed by atoms with Gasteiger partial charge in [-0.25, -0.2) is 4.39 Å². The normalized spacial score (nSPS) is 14.2. The lowest BCUT2D eigenvalue weighted by atomic mass is 9.98. The Morgan fingerprint density at radius 2 is 1.45 bits per heavy atom. The predicted octanol–water partition coefficient (Wildman–Crippen LogP) is 4.09. The van der Waals surface area contributed by atoms with E-state index in [0.717, 1.165) is 32.7 Å². The van der Waals surface area contributed by atoms with Crippen LogP contribution in [0.3, 0.4) is 0 Å². The van der Waals surface area contributed by atoms with Gasteiger partial charge in [0.1, 0.15) is 29.8 Å². The number of phenolic OH excluding ortho intramolecular Hbond substituents is 2. The molecule has 1 atom stereocenters. The van der Waals surface area contributed by atoms with E-state index in [4.69, 9.17) is 16.3 Å². The van der Waals surface area contributed by atoms with Gasteiger partial charge in [0.25, 0.3) is 0 Å². The second-order valence-electron chi connectivity index (χ2n) is 9.91. The number of hydrogen-bond acceptors (Lipinski definition) is 9. The molecule has 1 unspecified atom stereocenters. The average Bonchev–Trinajstić information content (AvgIpc) is 2.91. The summed E-state index contributed by atoms with van der Waals surface area (Å²) in [7, 11) is 0. The van der Waals surface area contributed by atoms with Crippen LogP contribution in [-0.4, -0.2) is 71.6 Å². The molecule has 1 saturated heterocycles. The van der Waals surface area contributed by atoms with E-state index in [-0.39, 0.29) is 29.8 Å². The van der Waals surface area contributed by atoms with E-state index in [2.05, 4.69) is 27.8 Å². The first-order valence-corrected chi connectivity index (χ1v) is 14.1. The molecule has 9 nitrogen and oxygen atoms in total. The Balaban J connectivity index is 0.00000132. The van der Waals surface area contributed by atoms with Crippen molar-refractivity contribution in [2.45, 2.75) is 73.1 Å². The number of anilines is 1. The minimum absolute atomic E-state index is 0.0358. The van der Waals surface area contributed by atoms with Gasteiger partial charge in [-0.3, -0.25) is 4.90 Å². The first-order chi connectivity index (χ1) is 18.9. The molecule has 2 aromatic carbocycles. The second kappa shape index (κ2) is 20.2. The van der Waals surface area contributed by atoms with Crippen LogP contribution < -0.4 is 22.5 Å². The van der Waals surface area contributed by atoms with Crippen LogP contribution in [-0.2, 0) is 11.3 Å². The molecule has 3 rings (SSSR count). The predicted molar refractivity (Wildman–Crippen MR) is 164 cm³/mol. The van der Waals surface area contributed by atoms with E-state index < -0.39 is 6.17 Å². The molecule has 2 aromatic rings. The van der Waals surface area contributed by atoms with Crippen molar-refractivity contribution < 1.29 is 19.4 Å². The summed E-state index contributed by atoms with van der Waals surface area (Å²) in [6.45, 7) is 19.6. The SMILES string of the molecule is CC.CC(C)N.CCN1CCN(Cc2ccc(NC(N)c3cc(C(C)C)c(O)cc3O)cc2F)CC1.NCC=O. The van der Waals surface area contributed by atoms with Crippen molar-refractivity contribution in [3.05, 3.63) is 52.8 Å². The van der Waals surface area contributed by atoms with Crippen LogP contribution in [0.5, 0.6) is 11.5 Å². The molecule has 9 N–H and O–H groups in total. The van der Waals surface area contributed by atoms with E-state index in [1.54, 1.807) is 18.2 Å². The summed E-state index contributed by atoms with van der Waals surface area (Å²) in [6, 6.07) is 8.36. The number of halogens is 1. The summed E-state index contributed by atoms with van der Waals surface area (Å²) in [4.78, 5) is 13.7. The quantitative estimate of drug-likeness (QED) is 0.205. The zero-order chi connectivity index (χ0) is 30.8. The number of aldehydes is 1. The number of carbonyl (C=O) groups excluding carboxylic acids is 1. The summed E-state index contributed by atoms with van der Waals surface area (Å²) in [6.07, 6.45) is -0.0875. The fraction of sp³-hybridized carbons (Fsp3) is 0.567. The number of benzene rings is 2. The van der Waals surface area contributed by atoms with Gasteiger partial charge < -0.3 is 42.4 Å². The molecular formula is C30H53FN6O3. The average molecular weight is 565 g/mol. The lowest BCUT2D eigenvalue weighted by Gasteiger charge is -2.34. The number of piperazine rings is 1. The highest BCUT2D eigenvalue weighted by molar-refractivity contribution is 5.52. The maximum Gasteiger partial charge on any atom is 0.133 e. The monoisotopic (exact) mass is 564 g/mol. The minimum atomic E-state index is -0.740. The van der Waals surface area contributed by atoms with Gasteiger partial charge in [0.15, 0.2) is 0 Å². The van der Waals surface area contributed by atoms with Gasteiger partial charge in [-0.1, -0.05) is 54.5 Å². The van der Waals surface area contributed by atoms with Crippen LogP contribution in [0.1, 0.15) is 77.2 Å². The Morgan fingerprint density at radius 3 is 1.90 bits per heavy atom. The molecule has 10 heteroatoms. The maximum absolute atomic E-state index is 14.7. The minimum Gasteiger partial charge on any atom is -0.508 e. The molecule has 1 aliphatic rings. The Kier molecular flexibility index (Phi) is 18.8. The summed E-state index contributed by atoms with van der Waals surface area (Å²) >= 11 is 0. The van der Waals surface area contributed by atoms with Crippen molar-refractivity contribution in [1.29, 1.82) is 0 Å². The number of hydrogen-bond donors (Lipinski definition) is 6. The highest BCUT2D eigenvalue weighted by atomic mass is 19.1. The van der Waals surface area contributed by atoms with Crippen molar-refractivity contribution >= 4 is 12.0 Å². The Labute approximate surface area is 240 Å². The molecule has 1 aliphatic heterocycles. The van der Waals surface area contributed by atoms with E-state index in [9.17, 15) is 14.6 Å². The van der Waals surface area contributed by atoms with Gasteiger partial charge in [0.2, 0.25) is 0 Å². The molecule has 40 heavy (non-hydrogen) atoms. The standard InChI is InChI=1S/C23H33FN4O2.C3H9N.C2H5NO.C2H6/c1-4-27-7-9-28(10-8-27)14-16-5-6-17(11-20(16)24)26-23(25)19-12-18(15(2)3)21(29)13-22(19)30;1-3(2)4;3-1-2-4;1-2/h5-6,11-13,15,23,26,29-30H,4,7-10,14,25H2,1-3H3;3H,4H2,1-2H3;2H,1,3H2;1-2H3. The molecule has 0 aromatic heterocycles. The molecular weight excluding hydrogens is 511 g/mol. The number of nitrogens with two attached hydrogens (primary N) is 3. The van der Waals surface area contributed by atoms with Crippen molar-refractivity contribution in [2.24, 2.45) is 17.2 Å². The van der Waals surface area contributed by atoms with Gasteiger partial charge in [0.05, 0.1) is 0 Å². The van der Waals surface area contributed by atoms with Crippen LogP contribution in [0.15, 0.2) is 30.3 Å². The van der Waals surface area contributed by atoms with Crippen LogP contribution in [0, 0.1) is 5.82 Å². The van der Waals surface area contributed by atoms with Gasteiger partial charge in [-0.2, -0.15) is 0 Å². The highest BCUT2D eigenvalue weighted by Gasteiger charge is 2.19. The van der Waals surface area contributed by atoms with Crippen LogP contribution >= 0.6 is 0 Å². The van der Waals surface area contributed by atoms with Crippen LogP contribution in [0.25, 0.3) is 0 Å². The van der Waals surface area contributed by atoms with Gasteiger partial charge in [-0.05, 0) is 42.3 Å². The van der Waals surface area contributed by atoms with E-state index in [0.29, 0.717) is 41.3 Å². The van der Waals surface area contributed by atoms with Crippen LogP contribution in [0.2, 0.25) is 0 Å². The largest absolute Gasteiger partial charge is 0.508 e. The lowest BCUT2D eigenvalue weighted by molar-refractivity contribution is -0.106. The van der Waals surface area contributed by atoms with Crippen molar-refractivity contribution in [2.75, 3.05) is 44.6 Å². The fourth-order valence-corrected chi connectivity index (χ4v) is 3.85. The molecule has 0 aliphatic carbocycles. The van der Waals surface area contributed by atoms with Crippen molar-refractivity contribution in [1.82, 2.24) is 9.80 Å². The Bertz CT molecular complexity index is 979. The summed E-state index contributed by atoms with van der Waals surface area (Å²) in [5.74, 6) is -0.260. The third kappa shape index (κ3) is 13.5. The van der Waals surface area contributed by atoms with E-state index in [1.165, 1.54) is 12.1 Å². The number of aromatic hydroxyl groups is 2. The van der Waals surface area contributed by atoms with E-state index >= 15 is 0 Å². The number of nitrogens with zero attached hydrogens (tertiary/aromatic N) is 2. The molecule has 0 saturated carbocycles. The smallest absolute Gasteiger partial charge is 0.133 e. The molecule has 1 heterocycles. The third-order valence-corrected chi connectivity index (χ3v) is 5.91. The zero-order valence-electron chi connectivity index (χ0n) is 25.5. The molecule has 0 bridgehead atoms. The van der Waals surface area contributed by atoms with Gasteiger partial charge in [0, 0.05) is 62.1 Å². The number of phenols is 2. The number of carbonyl (C=O) groups is 1. The number of nitrogens with one attached hydrogen (secondary N) is 1. The lowest BCUT2D eigenvalue weighted by Crippen LogP contribution is -2.45. The topological polar surface area (TPSA) is 154 Å². The Morgan fingerprint density at radius 1 is 0.950 bits per heavy atom. The number of likely N-dealkylation sites (N-methyl/N-ethyl adjacent to an activating group) is 1.